The molecule has 26 heavy (non-hydrogen) atoms. The maximum Gasteiger partial charge on any atom is 0.259 e. The summed E-state index contributed by atoms with van der Waals surface area (Å²) in [6.45, 7) is 3.33. The maximum atomic E-state index is 12.7. The SMILES string of the molecule is Cc1c[nH]c2ncnc(N3C=C(C(=O)NC4(CN)CCC4)SCC3)c12.Cl. The first-order chi connectivity index (χ1) is 12.1. The number of carbonyl (C=O) groups is 1. The fourth-order valence-corrected chi connectivity index (χ4v) is 4.28. The smallest absolute Gasteiger partial charge is 0.259 e. The summed E-state index contributed by atoms with van der Waals surface area (Å²) < 4.78 is 0. The van der Waals surface area contributed by atoms with E-state index in [-0.39, 0.29) is 23.9 Å². The molecule has 3 heterocycles. The van der Waals surface area contributed by atoms with Gasteiger partial charge in [-0.25, -0.2) is 9.97 Å². The molecule has 1 aliphatic heterocycles. The van der Waals surface area contributed by atoms with Gasteiger partial charge in [-0.1, -0.05) is 0 Å². The third-order valence-electron chi connectivity index (χ3n) is 5.09. The van der Waals surface area contributed by atoms with Crippen LogP contribution < -0.4 is 16.0 Å². The molecule has 7 nitrogen and oxygen atoms in total. The molecule has 0 saturated heterocycles. The van der Waals surface area contributed by atoms with Crippen molar-refractivity contribution < 1.29 is 4.79 Å². The number of aryl methyl sites for hydroxylation is 1. The number of carbonyl (C=O) groups excluding carboxylic acids is 1. The number of aromatic amines is 1. The molecule has 0 radical (unpaired) electrons. The van der Waals surface area contributed by atoms with E-state index < -0.39 is 0 Å². The molecule has 1 amide bonds. The van der Waals surface area contributed by atoms with Crippen LogP contribution in [0.25, 0.3) is 11.0 Å². The molecule has 2 aromatic rings. The number of hydrogen-bond donors (Lipinski definition) is 3. The number of fused-ring (bicyclic) bond motifs is 1. The number of nitrogens with one attached hydrogen (secondary N) is 2. The number of anilines is 1. The van der Waals surface area contributed by atoms with Crippen molar-refractivity contribution in [1.29, 1.82) is 0 Å². The zero-order valence-electron chi connectivity index (χ0n) is 14.6. The highest BCUT2D eigenvalue weighted by Gasteiger charge is 2.38. The second kappa shape index (κ2) is 7.46. The van der Waals surface area contributed by atoms with Gasteiger partial charge in [-0.15, -0.1) is 24.2 Å². The predicted molar refractivity (Wildman–Crippen MR) is 108 cm³/mol. The summed E-state index contributed by atoms with van der Waals surface area (Å²) in [5.41, 5.74) is 7.57. The van der Waals surface area contributed by atoms with Crippen LogP contribution in [0.1, 0.15) is 24.8 Å². The van der Waals surface area contributed by atoms with Crippen LogP contribution in [0.3, 0.4) is 0 Å². The van der Waals surface area contributed by atoms with Gasteiger partial charge < -0.3 is 20.9 Å². The summed E-state index contributed by atoms with van der Waals surface area (Å²) in [5.74, 6) is 1.64. The Hall–Kier alpha value is -1.77. The van der Waals surface area contributed by atoms with E-state index in [1.807, 2.05) is 24.2 Å². The van der Waals surface area contributed by atoms with E-state index in [2.05, 4.69) is 20.3 Å². The highest BCUT2D eigenvalue weighted by molar-refractivity contribution is 8.04. The molecule has 2 aromatic heterocycles. The van der Waals surface area contributed by atoms with Crippen molar-refractivity contribution in [2.24, 2.45) is 5.73 Å². The lowest BCUT2D eigenvalue weighted by molar-refractivity contribution is -0.119. The average Bonchev–Trinajstić information content (AvgIpc) is 2.99. The Balaban J connectivity index is 0.00000196. The number of halogens is 1. The summed E-state index contributed by atoms with van der Waals surface area (Å²) in [5, 5.41) is 4.15. The van der Waals surface area contributed by atoms with Crippen LogP contribution in [-0.2, 0) is 4.79 Å². The first-order valence-electron chi connectivity index (χ1n) is 8.54. The first-order valence-corrected chi connectivity index (χ1v) is 9.53. The van der Waals surface area contributed by atoms with Crippen molar-refractivity contribution in [3.8, 4) is 0 Å². The number of rotatable bonds is 4. The Morgan fingerprint density at radius 2 is 2.27 bits per heavy atom. The zero-order valence-corrected chi connectivity index (χ0v) is 16.3. The van der Waals surface area contributed by atoms with Crippen LogP contribution in [0.2, 0.25) is 0 Å². The molecule has 0 bridgehead atoms. The van der Waals surface area contributed by atoms with E-state index in [4.69, 9.17) is 5.73 Å². The topological polar surface area (TPSA) is 99.9 Å². The minimum atomic E-state index is -0.208. The lowest BCUT2D eigenvalue weighted by Crippen LogP contribution is -2.58. The fraction of sp³-hybridized carbons (Fsp3) is 0.471. The first kappa shape index (κ1) is 19.0. The average molecular weight is 395 g/mol. The number of hydrogen-bond acceptors (Lipinski definition) is 6. The van der Waals surface area contributed by atoms with Gasteiger partial charge in [0.15, 0.2) is 0 Å². The monoisotopic (exact) mass is 394 g/mol. The van der Waals surface area contributed by atoms with Gasteiger partial charge in [-0.05, 0) is 31.7 Å². The van der Waals surface area contributed by atoms with Crippen LogP contribution in [0.4, 0.5) is 5.82 Å². The Morgan fingerprint density at radius 1 is 1.46 bits per heavy atom. The molecule has 1 fully saturated rings. The van der Waals surface area contributed by atoms with E-state index in [9.17, 15) is 4.79 Å². The van der Waals surface area contributed by atoms with E-state index in [0.29, 0.717) is 11.4 Å². The molecule has 1 saturated carbocycles. The number of thioether (sulfide) groups is 1. The number of nitrogens with zero attached hydrogens (tertiary/aromatic N) is 3. The summed E-state index contributed by atoms with van der Waals surface area (Å²) in [6, 6.07) is 0. The second-order valence-corrected chi connectivity index (χ2v) is 7.86. The second-order valence-electron chi connectivity index (χ2n) is 6.72. The van der Waals surface area contributed by atoms with Crippen LogP contribution in [0.5, 0.6) is 0 Å². The zero-order chi connectivity index (χ0) is 17.4. The largest absolute Gasteiger partial charge is 0.346 e. The molecule has 0 unspecified atom stereocenters. The van der Waals surface area contributed by atoms with Gasteiger partial charge in [-0.2, -0.15) is 0 Å². The summed E-state index contributed by atoms with van der Waals surface area (Å²) in [4.78, 5) is 27.4. The number of nitrogens with two attached hydrogens (primary N) is 1. The van der Waals surface area contributed by atoms with Crippen molar-refractivity contribution in [2.45, 2.75) is 31.7 Å². The van der Waals surface area contributed by atoms with Gasteiger partial charge in [-0.3, -0.25) is 4.79 Å². The van der Waals surface area contributed by atoms with Crippen molar-refractivity contribution in [3.63, 3.8) is 0 Å². The molecule has 2 aliphatic rings. The van der Waals surface area contributed by atoms with Gasteiger partial charge in [0, 0.05) is 31.2 Å². The van der Waals surface area contributed by atoms with Gasteiger partial charge in [0.2, 0.25) is 0 Å². The Kier molecular flexibility index (Phi) is 5.45. The van der Waals surface area contributed by atoms with E-state index in [1.54, 1.807) is 18.1 Å². The minimum absolute atomic E-state index is 0. The standard InChI is InChI=1S/C17H22N6OS.ClH/c1-11-7-19-14-13(11)15(21-10-20-14)23-5-6-25-12(8-23)16(24)22-17(9-18)3-2-4-17;/h7-8,10H,2-6,9,18H2,1H3,(H,22,24)(H,19,20,21);1H. The lowest BCUT2D eigenvalue weighted by Gasteiger charge is -2.42. The molecule has 0 aromatic carbocycles. The maximum absolute atomic E-state index is 12.7. The van der Waals surface area contributed by atoms with E-state index in [1.165, 1.54) is 0 Å². The highest BCUT2D eigenvalue weighted by Crippen LogP contribution is 2.34. The van der Waals surface area contributed by atoms with Gasteiger partial charge in [0.05, 0.1) is 15.8 Å². The molecule has 0 spiro atoms. The van der Waals surface area contributed by atoms with Crippen molar-refractivity contribution in [2.75, 3.05) is 23.7 Å². The Morgan fingerprint density at radius 3 is 2.96 bits per heavy atom. The van der Waals surface area contributed by atoms with Crippen LogP contribution in [-0.4, -0.2) is 45.2 Å². The lowest BCUT2D eigenvalue weighted by atomic mass is 9.77. The third kappa shape index (κ3) is 3.28. The molecule has 1 aliphatic carbocycles. The van der Waals surface area contributed by atoms with Gasteiger partial charge in [0.25, 0.3) is 5.91 Å². The van der Waals surface area contributed by atoms with E-state index in [0.717, 1.165) is 54.0 Å². The molecule has 0 atom stereocenters. The third-order valence-corrected chi connectivity index (χ3v) is 6.07. The van der Waals surface area contributed by atoms with E-state index >= 15 is 0 Å². The Bertz CT molecular complexity index is 841. The molecule has 4 N–H and O–H groups in total. The summed E-state index contributed by atoms with van der Waals surface area (Å²) >= 11 is 1.58. The molecule has 4 rings (SSSR count). The van der Waals surface area contributed by atoms with Crippen molar-refractivity contribution >= 4 is 46.9 Å². The quantitative estimate of drug-likeness (QED) is 0.734. The molecular formula is C17H23ClN6OS. The highest BCUT2D eigenvalue weighted by atomic mass is 35.5. The predicted octanol–water partition coefficient (Wildman–Crippen LogP) is 2.08. The molecule has 140 valence electrons. The number of H-pyrrole nitrogens is 1. The Labute approximate surface area is 162 Å². The molecule has 9 heteroatoms. The van der Waals surface area contributed by atoms with Crippen LogP contribution >= 0.6 is 24.2 Å². The summed E-state index contributed by atoms with van der Waals surface area (Å²) in [6.07, 6.45) is 8.45. The van der Waals surface area contributed by atoms with Crippen LogP contribution in [0.15, 0.2) is 23.6 Å². The number of aromatic nitrogens is 3. The van der Waals surface area contributed by atoms with Gasteiger partial charge >= 0.3 is 0 Å². The van der Waals surface area contributed by atoms with Crippen molar-refractivity contribution in [3.05, 3.63) is 29.2 Å². The normalized spacial score (nSPS) is 18.7. The summed E-state index contributed by atoms with van der Waals surface area (Å²) in [7, 11) is 0. The minimum Gasteiger partial charge on any atom is -0.346 e. The fourth-order valence-electron chi connectivity index (χ4n) is 3.39. The molecular weight excluding hydrogens is 372 g/mol. The number of amides is 1. The van der Waals surface area contributed by atoms with Crippen LogP contribution in [0, 0.1) is 6.92 Å². The van der Waals surface area contributed by atoms with Crippen molar-refractivity contribution in [1.82, 2.24) is 20.3 Å². The van der Waals surface area contributed by atoms with Gasteiger partial charge in [0.1, 0.15) is 17.8 Å².